The molecule has 0 bridgehead atoms. The van der Waals surface area contributed by atoms with Crippen molar-refractivity contribution >= 4 is 27.0 Å². The number of rotatable bonds is 5. The molecular weight excluding hydrogens is 306 g/mol. The Kier molecular flexibility index (Phi) is 3.79. The molecule has 0 atom stereocenters. The van der Waals surface area contributed by atoms with Gasteiger partial charge in [0.2, 0.25) is 10.0 Å². The summed E-state index contributed by atoms with van der Waals surface area (Å²) in [5, 5.41) is 1.75. The summed E-state index contributed by atoms with van der Waals surface area (Å²) in [6.45, 7) is 2.35. The van der Waals surface area contributed by atoms with Crippen LogP contribution in [0, 0.1) is 6.92 Å². The van der Waals surface area contributed by atoms with E-state index in [1.807, 2.05) is 35.9 Å². The highest BCUT2D eigenvalue weighted by molar-refractivity contribution is 7.91. The van der Waals surface area contributed by atoms with Crippen molar-refractivity contribution in [2.45, 2.75) is 17.6 Å². The number of aromatic nitrogens is 2. The molecule has 110 valence electrons. The summed E-state index contributed by atoms with van der Waals surface area (Å²) in [6.07, 6.45) is 4.44. The highest BCUT2D eigenvalue weighted by Crippen LogP contribution is 2.15. The first kappa shape index (κ1) is 14.2. The van der Waals surface area contributed by atoms with E-state index in [2.05, 4.69) is 9.71 Å². The fraction of sp³-hybridized carbons (Fsp3) is 0.214. The molecule has 3 rings (SSSR count). The first-order valence-corrected chi connectivity index (χ1v) is 8.88. The minimum atomic E-state index is -3.39. The minimum absolute atomic E-state index is 0.336. The van der Waals surface area contributed by atoms with Crippen LogP contribution in [0.25, 0.3) is 5.65 Å². The zero-order valence-electron chi connectivity index (χ0n) is 11.5. The van der Waals surface area contributed by atoms with Crippen LogP contribution in [0.4, 0.5) is 0 Å². The van der Waals surface area contributed by atoms with Gasteiger partial charge in [-0.1, -0.05) is 6.07 Å². The van der Waals surface area contributed by atoms with Crippen molar-refractivity contribution in [2.75, 3.05) is 6.54 Å². The second-order valence-corrected chi connectivity index (χ2v) is 7.72. The Morgan fingerprint density at radius 1 is 1.38 bits per heavy atom. The SMILES string of the molecule is Cc1ccn2cc(CCNS(=O)(=O)c3cccs3)nc2c1. The fourth-order valence-corrected chi connectivity index (χ4v) is 4.13. The number of hydrogen-bond donors (Lipinski definition) is 1. The minimum Gasteiger partial charge on any atom is -0.307 e. The van der Waals surface area contributed by atoms with Crippen molar-refractivity contribution in [3.63, 3.8) is 0 Å². The summed E-state index contributed by atoms with van der Waals surface area (Å²) in [7, 11) is -3.39. The number of aryl methyl sites for hydroxylation is 1. The summed E-state index contributed by atoms with van der Waals surface area (Å²) in [4.78, 5) is 4.49. The first-order chi connectivity index (χ1) is 10.0. The van der Waals surface area contributed by atoms with Gasteiger partial charge in [0, 0.05) is 25.4 Å². The topological polar surface area (TPSA) is 63.5 Å². The molecular formula is C14H15N3O2S2. The monoisotopic (exact) mass is 321 g/mol. The van der Waals surface area contributed by atoms with E-state index < -0.39 is 10.0 Å². The largest absolute Gasteiger partial charge is 0.307 e. The van der Waals surface area contributed by atoms with Crippen molar-refractivity contribution in [3.05, 3.63) is 53.3 Å². The molecule has 7 heteroatoms. The first-order valence-electron chi connectivity index (χ1n) is 6.52. The zero-order valence-corrected chi connectivity index (χ0v) is 13.1. The molecule has 3 aromatic heterocycles. The maximum absolute atomic E-state index is 12.0. The second-order valence-electron chi connectivity index (χ2n) is 4.78. The zero-order chi connectivity index (χ0) is 14.9. The standard InChI is InChI=1S/C14H15N3O2S2/c1-11-5-7-17-10-12(16-13(17)9-11)4-6-15-21(18,19)14-3-2-8-20-14/h2-3,5,7-10,15H,4,6H2,1H3. The number of imidazole rings is 1. The molecule has 1 N–H and O–H groups in total. The Morgan fingerprint density at radius 3 is 3.00 bits per heavy atom. The predicted octanol–water partition coefficient (Wildman–Crippen LogP) is 2.23. The number of sulfonamides is 1. The molecule has 0 saturated carbocycles. The summed E-state index contributed by atoms with van der Waals surface area (Å²) in [6, 6.07) is 7.33. The van der Waals surface area contributed by atoms with Crippen molar-refractivity contribution in [3.8, 4) is 0 Å². The van der Waals surface area contributed by atoms with E-state index >= 15 is 0 Å². The summed E-state index contributed by atoms with van der Waals surface area (Å²) >= 11 is 1.21. The van der Waals surface area contributed by atoms with Crippen LogP contribution in [0.5, 0.6) is 0 Å². The lowest BCUT2D eigenvalue weighted by Gasteiger charge is -2.02. The van der Waals surface area contributed by atoms with E-state index in [4.69, 9.17) is 0 Å². The Balaban J connectivity index is 1.67. The number of thiophene rings is 1. The molecule has 0 aliphatic carbocycles. The molecule has 0 radical (unpaired) electrons. The van der Waals surface area contributed by atoms with Crippen molar-refractivity contribution < 1.29 is 8.42 Å². The van der Waals surface area contributed by atoms with Crippen LogP contribution in [0.3, 0.4) is 0 Å². The predicted molar refractivity (Wildman–Crippen MR) is 83.1 cm³/mol. The van der Waals surface area contributed by atoms with Gasteiger partial charge >= 0.3 is 0 Å². The third-order valence-electron chi connectivity index (χ3n) is 3.10. The van der Waals surface area contributed by atoms with E-state index in [1.54, 1.807) is 17.5 Å². The van der Waals surface area contributed by atoms with E-state index in [-0.39, 0.29) is 0 Å². The lowest BCUT2D eigenvalue weighted by Crippen LogP contribution is -2.25. The van der Waals surface area contributed by atoms with Gasteiger partial charge in [0.1, 0.15) is 9.86 Å². The normalized spacial score (nSPS) is 12.0. The van der Waals surface area contributed by atoms with Crippen LogP contribution in [0.15, 0.2) is 46.2 Å². The average molecular weight is 321 g/mol. The van der Waals surface area contributed by atoms with Gasteiger partial charge in [-0.25, -0.2) is 18.1 Å². The summed E-state index contributed by atoms with van der Waals surface area (Å²) < 4.78 is 28.8. The summed E-state index contributed by atoms with van der Waals surface area (Å²) in [5.74, 6) is 0. The second kappa shape index (κ2) is 5.59. The molecule has 0 amide bonds. The lowest BCUT2D eigenvalue weighted by atomic mass is 10.3. The van der Waals surface area contributed by atoms with E-state index in [0.717, 1.165) is 16.9 Å². The fourth-order valence-electron chi connectivity index (χ4n) is 2.06. The Bertz CT molecular complexity index is 852. The molecule has 5 nitrogen and oxygen atoms in total. The lowest BCUT2D eigenvalue weighted by molar-refractivity contribution is 0.583. The van der Waals surface area contributed by atoms with Crippen LogP contribution in [0.2, 0.25) is 0 Å². The molecule has 0 aliphatic rings. The average Bonchev–Trinajstić information content (AvgIpc) is 3.06. The molecule has 0 unspecified atom stereocenters. The van der Waals surface area contributed by atoms with Crippen LogP contribution in [0.1, 0.15) is 11.3 Å². The number of hydrogen-bond acceptors (Lipinski definition) is 4. The Morgan fingerprint density at radius 2 is 2.24 bits per heavy atom. The smallest absolute Gasteiger partial charge is 0.250 e. The molecule has 3 aromatic rings. The van der Waals surface area contributed by atoms with Gasteiger partial charge in [-0.15, -0.1) is 11.3 Å². The number of fused-ring (bicyclic) bond motifs is 1. The van der Waals surface area contributed by atoms with E-state index in [9.17, 15) is 8.42 Å². The molecule has 3 heterocycles. The molecule has 0 aromatic carbocycles. The van der Waals surface area contributed by atoms with Gasteiger partial charge in [0.15, 0.2) is 0 Å². The Labute approximate surface area is 127 Å². The number of pyridine rings is 1. The summed E-state index contributed by atoms with van der Waals surface area (Å²) in [5.41, 5.74) is 2.90. The van der Waals surface area contributed by atoms with Crippen LogP contribution >= 0.6 is 11.3 Å². The highest BCUT2D eigenvalue weighted by atomic mass is 32.2. The van der Waals surface area contributed by atoms with Crippen LogP contribution in [-0.2, 0) is 16.4 Å². The van der Waals surface area contributed by atoms with Gasteiger partial charge in [-0.2, -0.15) is 0 Å². The van der Waals surface area contributed by atoms with Gasteiger partial charge in [-0.3, -0.25) is 0 Å². The Hall–Kier alpha value is -1.70. The van der Waals surface area contributed by atoms with E-state index in [1.165, 1.54) is 11.3 Å². The molecule has 0 fully saturated rings. The number of nitrogens with one attached hydrogen (secondary N) is 1. The third-order valence-corrected chi connectivity index (χ3v) is 5.96. The molecule has 0 spiro atoms. The van der Waals surface area contributed by atoms with Gasteiger partial charge in [0.25, 0.3) is 0 Å². The number of nitrogens with zero attached hydrogens (tertiary/aromatic N) is 2. The molecule has 0 saturated heterocycles. The van der Waals surface area contributed by atoms with Crippen molar-refractivity contribution in [2.24, 2.45) is 0 Å². The molecule has 0 aliphatic heterocycles. The quantitative estimate of drug-likeness (QED) is 0.784. The maximum atomic E-state index is 12.0. The van der Waals surface area contributed by atoms with Crippen LogP contribution in [-0.4, -0.2) is 24.3 Å². The highest BCUT2D eigenvalue weighted by Gasteiger charge is 2.14. The van der Waals surface area contributed by atoms with Gasteiger partial charge < -0.3 is 4.40 Å². The van der Waals surface area contributed by atoms with Gasteiger partial charge in [-0.05, 0) is 36.1 Å². The van der Waals surface area contributed by atoms with Crippen molar-refractivity contribution in [1.29, 1.82) is 0 Å². The molecule has 21 heavy (non-hydrogen) atoms. The third kappa shape index (κ3) is 3.15. The van der Waals surface area contributed by atoms with Crippen LogP contribution < -0.4 is 4.72 Å². The van der Waals surface area contributed by atoms with Crippen molar-refractivity contribution in [1.82, 2.24) is 14.1 Å². The van der Waals surface area contributed by atoms with E-state index in [0.29, 0.717) is 17.2 Å². The maximum Gasteiger partial charge on any atom is 0.250 e. The van der Waals surface area contributed by atoms with Gasteiger partial charge in [0.05, 0.1) is 5.69 Å².